The standard InChI is InChI=1S/C11H17N3O2/c12-6-8-7-14(4-5-16-8)11(15)9-2-1-3-10(9)13/h8-10H,1-5,7,13H2. The highest BCUT2D eigenvalue weighted by Gasteiger charge is 2.35. The van der Waals surface area contributed by atoms with Crippen LogP contribution in [0.2, 0.25) is 0 Å². The third kappa shape index (κ3) is 2.18. The van der Waals surface area contributed by atoms with Crippen molar-refractivity contribution in [1.82, 2.24) is 4.90 Å². The molecule has 1 saturated carbocycles. The average molecular weight is 223 g/mol. The summed E-state index contributed by atoms with van der Waals surface area (Å²) in [4.78, 5) is 13.9. The van der Waals surface area contributed by atoms with Gasteiger partial charge in [-0.1, -0.05) is 6.42 Å². The number of morpholine rings is 1. The minimum Gasteiger partial charge on any atom is -0.360 e. The molecule has 5 nitrogen and oxygen atoms in total. The number of nitriles is 1. The zero-order valence-electron chi connectivity index (χ0n) is 9.26. The molecule has 1 saturated heterocycles. The number of hydrogen-bond acceptors (Lipinski definition) is 4. The molecule has 5 heteroatoms. The van der Waals surface area contributed by atoms with Gasteiger partial charge in [-0.3, -0.25) is 4.79 Å². The molecular formula is C11H17N3O2. The van der Waals surface area contributed by atoms with E-state index in [0.29, 0.717) is 19.7 Å². The topological polar surface area (TPSA) is 79.4 Å². The first kappa shape index (κ1) is 11.4. The Morgan fingerprint density at radius 2 is 2.31 bits per heavy atom. The maximum Gasteiger partial charge on any atom is 0.227 e. The van der Waals surface area contributed by atoms with Crippen molar-refractivity contribution in [2.24, 2.45) is 11.7 Å². The maximum atomic E-state index is 12.2. The first-order chi connectivity index (χ1) is 7.72. The molecule has 3 atom stereocenters. The Hall–Kier alpha value is -1.12. The van der Waals surface area contributed by atoms with Crippen molar-refractivity contribution in [1.29, 1.82) is 5.26 Å². The fourth-order valence-corrected chi connectivity index (χ4v) is 2.46. The van der Waals surface area contributed by atoms with Crippen LogP contribution in [0.25, 0.3) is 0 Å². The Labute approximate surface area is 95.1 Å². The van der Waals surface area contributed by atoms with Gasteiger partial charge in [-0.15, -0.1) is 0 Å². The predicted octanol–water partition coefficient (Wildman–Crippen LogP) is -0.135. The SMILES string of the molecule is N#CC1CN(C(=O)C2CCCC2N)CCO1. The molecule has 0 aromatic rings. The maximum absolute atomic E-state index is 12.2. The Kier molecular flexibility index (Phi) is 3.42. The van der Waals surface area contributed by atoms with Crippen LogP contribution in [0, 0.1) is 17.2 Å². The van der Waals surface area contributed by atoms with Crippen LogP contribution >= 0.6 is 0 Å². The average Bonchev–Trinajstić information content (AvgIpc) is 2.74. The van der Waals surface area contributed by atoms with Gasteiger partial charge in [0, 0.05) is 12.6 Å². The Balaban J connectivity index is 1.96. The van der Waals surface area contributed by atoms with Crippen molar-refractivity contribution in [2.45, 2.75) is 31.4 Å². The van der Waals surface area contributed by atoms with Gasteiger partial charge in [0.05, 0.1) is 25.1 Å². The summed E-state index contributed by atoms with van der Waals surface area (Å²) >= 11 is 0. The molecule has 2 N–H and O–H groups in total. The third-order valence-electron chi connectivity index (χ3n) is 3.41. The summed E-state index contributed by atoms with van der Waals surface area (Å²) < 4.78 is 5.21. The molecule has 1 amide bonds. The zero-order valence-corrected chi connectivity index (χ0v) is 9.26. The highest BCUT2D eigenvalue weighted by molar-refractivity contribution is 5.80. The van der Waals surface area contributed by atoms with Crippen molar-refractivity contribution >= 4 is 5.91 Å². The van der Waals surface area contributed by atoms with Crippen molar-refractivity contribution in [3.8, 4) is 6.07 Å². The van der Waals surface area contributed by atoms with Gasteiger partial charge in [0.1, 0.15) is 0 Å². The summed E-state index contributed by atoms with van der Waals surface area (Å²) in [6.07, 6.45) is 2.37. The molecule has 0 spiro atoms. The third-order valence-corrected chi connectivity index (χ3v) is 3.41. The van der Waals surface area contributed by atoms with E-state index in [1.807, 2.05) is 6.07 Å². The smallest absolute Gasteiger partial charge is 0.227 e. The van der Waals surface area contributed by atoms with Crippen molar-refractivity contribution in [2.75, 3.05) is 19.7 Å². The summed E-state index contributed by atoms with van der Waals surface area (Å²) in [6, 6.07) is 2.04. The van der Waals surface area contributed by atoms with E-state index in [-0.39, 0.29) is 17.9 Å². The highest BCUT2D eigenvalue weighted by Crippen LogP contribution is 2.26. The van der Waals surface area contributed by atoms with E-state index in [4.69, 9.17) is 15.7 Å². The van der Waals surface area contributed by atoms with Crippen LogP contribution in [0.4, 0.5) is 0 Å². The number of carbonyl (C=O) groups excluding carboxylic acids is 1. The van der Waals surface area contributed by atoms with Gasteiger partial charge in [0.2, 0.25) is 5.91 Å². The van der Waals surface area contributed by atoms with Gasteiger partial charge in [-0.2, -0.15) is 5.26 Å². The van der Waals surface area contributed by atoms with Crippen molar-refractivity contribution in [3.05, 3.63) is 0 Å². The monoisotopic (exact) mass is 223 g/mol. The normalized spacial score (nSPS) is 34.8. The molecule has 1 heterocycles. The van der Waals surface area contributed by atoms with E-state index < -0.39 is 6.10 Å². The lowest BCUT2D eigenvalue weighted by Gasteiger charge is -2.32. The summed E-state index contributed by atoms with van der Waals surface area (Å²) in [7, 11) is 0. The van der Waals surface area contributed by atoms with E-state index in [1.165, 1.54) is 0 Å². The van der Waals surface area contributed by atoms with E-state index in [0.717, 1.165) is 19.3 Å². The van der Waals surface area contributed by atoms with Gasteiger partial charge in [-0.05, 0) is 12.8 Å². The second-order valence-electron chi connectivity index (χ2n) is 4.47. The Morgan fingerprint density at radius 1 is 1.50 bits per heavy atom. The molecule has 1 aliphatic heterocycles. The van der Waals surface area contributed by atoms with E-state index in [9.17, 15) is 4.79 Å². The number of amides is 1. The quantitative estimate of drug-likeness (QED) is 0.671. The van der Waals surface area contributed by atoms with Crippen LogP contribution in [0.3, 0.4) is 0 Å². The summed E-state index contributed by atoms with van der Waals surface area (Å²) in [6.45, 7) is 1.42. The predicted molar refractivity (Wildman–Crippen MR) is 57.2 cm³/mol. The van der Waals surface area contributed by atoms with Crippen LogP contribution in [0.5, 0.6) is 0 Å². The van der Waals surface area contributed by atoms with Gasteiger partial charge < -0.3 is 15.4 Å². The minimum atomic E-state index is -0.477. The lowest BCUT2D eigenvalue weighted by atomic mass is 10.0. The van der Waals surface area contributed by atoms with Gasteiger partial charge >= 0.3 is 0 Å². The second-order valence-corrected chi connectivity index (χ2v) is 4.47. The van der Waals surface area contributed by atoms with Crippen LogP contribution in [-0.4, -0.2) is 42.6 Å². The molecule has 88 valence electrons. The molecule has 0 radical (unpaired) electrons. The number of nitrogens with zero attached hydrogens (tertiary/aromatic N) is 2. The highest BCUT2D eigenvalue weighted by atomic mass is 16.5. The molecule has 0 bridgehead atoms. The number of hydrogen-bond donors (Lipinski definition) is 1. The van der Waals surface area contributed by atoms with Crippen LogP contribution in [0.15, 0.2) is 0 Å². The number of ether oxygens (including phenoxy) is 1. The van der Waals surface area contributed by atoms with Crippen LogP contribution < -0.4 is 5.73 Å². The van der Waals surface area contributed by atoms with Crippen molar-refractivity contribution in [3.63, 3.8) is 0 Å². The molecule has 16 heavy (non-hydrogen) atoms. The summed E-state index contributed by atoms with van der Waals surface area (Å²) in [5, 5.41) is 8.77. The molecule has 0 aromatic carbocycles. The van der Waals surface area contributed by atoms with Gasteiger partial charge in [0.25, 0.3) is 0 Å². The molecule has 2 rings (SSSR count). The fourth-order valence-electron chi connectivity index (χ4n) is 2.46. The minimum absolute atomic E-state index is 0.00381. The van der Waals surface area contributed by atoms with Crippen LogP contribution in [-0.2, 0) is 9.53 Å². The zero-order chi connectivity index (χ0) is 11.5. The largest absolute Gasteiger partial charge is 0.360 e. The summed E-state index contributed by atoms with van der Waals surface area (Å²) in [5.41, 5.74) is 5.91. The summed E-state index contributed by atoms with van der Waals surface area (Å²) in [5.74, 6) is 0.0611. The fraction of sp³-hybridized carbons (Fsp3) is 0.818. The van der Waals surface area contributed by atoms with E-state index in [1.54, 1.807) is 4.90 Å². The molecular weight excluding hydrogens is 206 g/mol. The number of nitrogens with two attached hydrogens (primary N) is 1. The number of carbonyl (C=O) groups is 1. The lowest BCUT2D eigenvalue weighted by Crippen LogP contribution is -2.49. The Morgan fingerprint density at radius 3 is 2.94 bits per heavy atom. The van der Waals surface area contributed by atoms with Crippen molar-refractivity contribution < 1.29 is 9.53 Å². The van der Waals surface area contributed by atoms with Crippen LogP contribution in [0.1, 0.15) is 19.3 Å². The van der Waals surface area contributed by atoms with E-state index in [2.05, 4.69) is 0 Å². The van der Waals surface area contributed by atoms with Gasteiger partial charge in [0.15, 0.2) is 6.10 Å². The molecule has 2 aliphatic rings. The second kappa shape index (κ2) is 4.81. The Bertz CT molecular complexity index is 313. The molecule has 2 fully saturated rings. The molecule has 0 aromatic heterocycles. The van der Waals surface area contributed by atoms with E-state index >= 15 is 0 Å². The number of rotatable bonds is 1. The first-order valence-corrected chi connectivity index (χ1v) is 5.78. The lowest BCUT2D eigenvalue weighted by molar-refractivity contribution is -0.141. The first-order valence-electron chi connectivity index (χ1n) is 5.78. The molecule has 1 aliphatic carbocycles. The molecule has 3 unspecified atom stereocenters. The van der Waals surface area contributed by atoms with Gasteiger partial charge in [-0.25, -0.2) is 0 Å².